The molecule has 3 aromatic rings. The van der Waals surface area contributed by atoms with Crippen LogP contribution in [0.5, 0.6) is 11.5 Å². The zero-order valence-electron chi connectivity index (χ0n) is 20.1. The lowest BCUT2D eigenvalue weighted by molar-refractivity contribution is -0.112. The van der Waals surface area contributed by atoms with Crippen molar-refractivity contribution in [3.05, 3.63) is 68.7 Å². The standard InChI is InChI=1S/C26H27ClN4O3S/c1-5-24-30-31-26(35-24)29-25(32)19(15-28)13-18-14-20(27)7-9-22(18)33-10-11-34-23-12-17(4)6-8-21(23)16(2)3/h6-9,12-14,16H,5,10-11H2,1-4H3,(H,29,31,32). The summed E-state index contributed by atoms with van der Waals surface area (Å²) in [5, 5.41) is 21.7. The topological polar surface area (TPSA) is 97.1 Å². The van der Waals surface area contributed by atoms with Crippen LogP contribution in [-0.2, 0) is 11.2 Å². The molecule has 0 aliphatic heterocycles. The number of rotatable bonds is 10. The van der Waals surface area contributed by atoms with E-state index in [2.05, 4.69) is 41.5 Å². The Bertz CT molecular complexity index is 1260. The fraction of sp³-hybridized carbons (Fsp3) is 0.308. The predicted molar refractivity (Wildman–Crippen MR) is 139 cm³/mol. The number of nitriles is 1. The Labute approximate surface area is 214 Å². The average molecular weight is 511 g/mol. The second-order valence-corrected chi connectivity index (χ2v) is 9.55. The van der Waals surface area contributed by atoms with Crippen LogP contribution in [0.2, 0.25) is 5.02 Å². The minimum Gasteiger partial charge on any atom is -0.490 e. The van der Waals surface area contributed by atoms with Gasteiger partial charge < -0.3 is 9.47 Å². The molecule has 0 radical (unpaired) electrons. The highest BCUT2D eigenvalue weighted by molar-refractivity contribution is 7.15. The molecular weight excluding hydrogens is 484 g/mol. The van der Waals surface area contributed by atoms with Crippen LogP contribution < -0.4 is 14.8 Å². The van der Waals surface area contributed by atoms with Gasteiger partial charge in [0.2, 0.25) is 5.13 Å². The molecule has 0 saturated carbocycles. The molecule has 0 bridgehead atoms. The highest BCUT2D eigenvalue weighted by atomic mass is 35.5. The van der Waals surface area contributed by atoms with Crippen molar-refractivity contribution in [1.82, 2.24) is 10.2 Å². The van der Waals surface area contributed by atoms with E-state index >= 15 is 0 Å². The number of amides is 1. The minimum atomic E-state index is -0.582. The highest BCUT2D eigenvalue weighted by Gasteiger charge is 2.14. The van der Waals surface area contributed by atoms with Gasteiger partial charge >= 0.3 is 0 Å². The summed E-state index contributed by atoms with van der Waals surface area (Å²) in [5.41, 5.74) is 2.66. The molecule has 1 heterocycles. The molecule has 182 valence electrons. The number of nitrogens with zero attached hydrogens (tertiary/aromatic N) is 3. The van der Waals surface area contributed by atoms with Crippen LogP contribution in [0.4, 0.5) is 5.13 Å². The first-order valence-corrected chi connectivity index (χ1v) is 12.4. The van der Waals surface area contributed by atoms with Gasteiger partial charge in [-0.2, -0.15) is 5.26 Å². The molecule has 3 rings (SSSR count). The number of aromatic nitrogens is 2. The molecule has 0 aliphatic carbocycles. The van der Waals surface area contributed by atoms with Crippen LogP contribution in [-0.4, -0.2) is 29.3 Å². The number of benzene rings is 2. The molecule has 2 aromatic carbocycles. The Kier molecular flexibility index (Phi) is 9.24. The summed E-state index contributed by atoms with van der Waals surface area (Å²) in [6, 6.07) is 13.1. The normalized spacial score (nSPS) is 11.3. The highest BCUT2D eigenvalue weighted by Crippen LogP contribution is 2.28. The van der Waals surface area contributed by atoms with Crippen molar-refractivity contribution in [3.63, 3.8) is 0 Å². The van der Waals surface area contributed by atoms with Gasteiger partial charge in [-0.3, -0.25) is 10.1 Å². The second-order valence-electron chi connectivity index (χ2n) is 8.05. The van der Waals surface area contributed by atoms with E-state index in [4.69, 9.17) is 21.1 Å². The molecule has 7 nitrogen and oxygen atoms in total. The van der Waals surface area contributed by atoms with Gasteiger partial charge in [0.25, 0.3) is 5.91 Å². The Balaban J connectivity index is 1.70. The lowest BCUT2D eigenvalue weighted by atomic mass is 10.0. The summed E-state index contributed by atoms with van der Waals surface area (Å²) in [4.78, 5) is 12.6. The molecule has 9 heteroatoms. The summed E-state index contributed by atoms with van der Waals surface area (Å²) >= 11 is 7.43. The van der Waals surface area contributed by atoms with Gasteiger partial charge in [0, 0.05) is 10.6 Å². The van der Waals surface area contributed by atoms with E-state index in [0.29, 0.717) is 40.4 Å². The Morgan fingerprint density at radius 1 is 1.17 bits per heavy atom. The van der Waals surface area contributed by atoms with Gasteiger partial charge in [-0.1, -0.05) is 55.8 Å². The summed E-state index contributed by atoms with van der Waals surface area (Å²) in [6.07, 6.45) is 2.15. The van der Waals surface area contributed by atoms with Crippen molar-refractivity contribution in [1.29, 1.82) is 5.26 Å². The van der Waals surface area contributed by atoms with Gasteiger partial charge in [0.15, 0.2) is 0 Å². The number of hydrogen-bond acceptors (Lipinski definition) is 7. The summed E-state index contributed by atoms with van der Waals surface area (Å²) in [6.45, 7) is 8.82. The van der Waals surface area contributed by atoms with Crippen LogP contribution in [0.25, 0.3) is 6.08 Å². The third kappa shape index (κ3) is 7.28. The summed E-state index contributed by atoms with van der Waals surface area (Å²) < 4.78 is 11.9. The molecule has 1 amide bonds. The fourth-order valence-electron chi connectivity index (χ4n) is 3.23. The van der Waals surface area contributed by atoms with Crippen molar-refractivity contribution < 1.29 is 14.3 Å². The first kappa shape index (κ1) is 26.2. The molecule has 1 aromatic heterocycles. The van der Waals surface area contributed by atoms with E-state index in [0.717, 1.165) is 21.9 Å². The van der Waals surface area contributed by atoms with Gasteiger partial charge in [-0.05, 0) is 60.7 Å². The van der Waals surface area contributed by atoms with Crippen molar-refractivity contribution in [3.8, 4) is 17.6 Å². The van der Waals surface area contributed by atoms with E-state index in [-0.39, 0.29) is 12.2 Å². The Morgan fingerprint density at radius 2 is 1.91 bits per heavy atom. The molecule has 0 saturated heterocycles. The first-order valence-electron chi connectivity index (χ1n) is 11.2. The van der Waals surface area contributed by atoms with E-state index in [1.54, 1.807) is 18.2 Å². The number of carbonyl (C=O) groups excluding carboxylic acids is 1. The number of hydrogen-bond donors (Lipinski definition) is 1. The van der Waals surface area contributed by atoms with Crippen LogP contribution >= 0.6 is 22.9 Å². The maximum Gasteiger partial charge on any atom is 0.268 e. The van der Waals surface area contributed by atoms with Gasteiger partial charge in [-0.25, -0.2) is 0 Å². The quantitative estimate of drug-likeness (QED) is 0.198. The minimum absolute atomic E-state index is 0.108. The Morgan fingerprint density at radius 3 is 2.57 bits per heavy atom. The molecule has 0 atom stereocenters. The van der Waals surface area contributed by atoms with Crippen LogP contribution in [0.1, 0.15) is 48.4 Å². The largest absolute Gasteiger partial charge is 0.490 e. The zero-order valence-corrected chi connectivity index (χ0v) is 21.7. The van der Waals surface area contributed by atoms with E-state index < -0.39 is 5.91 Å². The SMILES string of the molecule is CCc1nnc(NC(=O)C(C#N)=Cc2cc(Cl)ccc2OCCOc2cc(C)ccc2C(C)C)s1. The van der Waals surface area contributed by atoms with E-state index in [1.165, 1.54) is 17.4 Å². The maximum absolute atomic E-state index is 12.6. The van der Waals surface area contributed by atoms with E-state index in [9.17, 15) is 10.1 Å². The van der Waals surface area contributed by atoms with E-state index in [1.807, 2.05) is 26.0 Å². The van der Waals surface area contributed by atoms with Crippen molar-refractivity contribution in [2.24, 2.45) is 0 Å². The zero-order chi connectivity index (χ0) is 25.4. The molecule has 1 N–H and O–H groups in total. The molecule has 0 spiro atoms. The van der Waals surface area contributed by atoms with Gasteiger partial charge in [0.05, 0.1) is 0 Å². The van der Waals surface area contributed by atoms with Crippen molar-refractivity contribution >= 4 is 40.1 Å². The Hall–Kier alpha value is -3.41. The maximum atomic E-state index is 12.6. The molecule has 35 heavy (non-hydrogen) atoms. The summed E-state index contributed by atoms with van der Waals surface area (Å²) in [5.74, 6) is 1.08. The molecular formula is C26H27ClN4O3S. The van der Waals surface area contributed by atoms with Crippen molar-refractivity contribution in [2.45, 2.75) is 40.0 Å². The smallest absolute Gasteiger partial charge is 0.268 e. The molecule has 0 fully saturated rings. The number of carbonyl (C=O) groups is 1. The number of anilines is 1. The monoisotopic (exact) mass is 510 g/mol. The molecule has 0 unspecified atom stereocenters. The van der Waals surface area contributed by atoms with Crippen LogP contribution in [0, 0.1) is 18.3 Å². The lowest BCUT2D eigenvalue weighted by Gasteiger charge is -2.16. The van der Waals surface area contributed by atoms with Gasteiger partial charge in [-0.15, -0.1) is 10.2 Å². The molecule has 0 aliphatic rings. The lowest BCUT2D eigenvalue weighted by Crippen LogP contribution is -2.13. The average Bonchev–Trinajstić information content (AvgIpc) is 3.28. The predicted octanol–water partition coefficient (Wildman–Crippen LogP) is 6.19. The second kappa shape index (κ2) is 12.3. The third-order valence-electron chi connectivity index (χ3n) is 5.02. The number of aryl methyl sites for hydroxylation is 2. The first-order chi connectivity index (χ1) is 16.8. The van der Waals surface area contributed by atoms with Gasteiger partial charge in [0.1, 0.15) is 41.4 Å². The van der Waals surface area contributed by atoms with Crippen molar-refractivity contribution in [2.75, 3.05) is 18.5 Å². The number of nitrogens with one attached hydrogen (secondary N) is 1. The van der Waals surface area contributed by atoms with Crippen LogP contribution in [0.3, 0.4) is 0 Å². The van der Waals surface area contributed by atoms with Crippen LogP contribution in [0.15, 0.2) is 42.0 Å². The number of ether oxygens (including phenoxy) is 2. The number of halogens is 1. The third-order valence-corrected chi connectivity index (χ3v) is 6.23. The summed E-state index contributed by atoms with van der Waals surface area (Å²) in [7, 11) is 0. The fourth-order valence-corrected chi connectivity index (χ4v) is 4.08.